The molecule has 0 saturated carbocycles. The molecule has 1 aromatic carbocycles. The SMILES string of the molecule is CNCCc1ccc(Br)c(Cl)c1OC. The molecule has 1 N–H and O–H groups in total. The maximum Gasteiger partial charge on any atom is 0.141 e. The van der Waals surface area contributed by atoms with Gasteiger partial charge < -0.3 is 10.1 Å². The Kier molecular flexibility index (Phi) is 4.72. The lowest BCUT2D eigenvalue weighted by atomic mass is 10.1. The van der Waals surface area contributed by atoms with E-state index in [1.807, 2.05) is 19.2 Å². The number of likely N-dealkylation sites (N-methyl/N-ethyl adjacent to an activating group) is 1. The average molecular weight is 279 g/mol. The number of hydrogen-bond donors (Lipinski definition) is 1. The molecule has 0 unspecified atom stereocenters. The summed E-state index contributed by atoms with van der Waals surface area (Å²) in [6, 6.07) is 3.96. The Morgan fingerprint density at radius 3 is 2.79 bits per heavy atom. The topological polar surface area (TPSA) is 21.3 Å². The van der Waals surface area contributed by atoms with E-state index in [4.69, 9.17) is 16.3 Å². The summed E-state index contributed by atoms with van der Waals surface area (Å²) >= 11 is 9.45. The Bertz CT molecular complexity index is 317. The number of methoxy groups -OCH3 is 1. The van der Waals surface area contributed by atoms with Crippen molar-refractivity contribution >= 4 is 27.5 Å². The highest BCUT2D eigenvalue weighted by atomic mass is 79.9. The third kappa shape index (κ3) is 2.62. The van der Waals surface area contributed by atoms with Crippen molar-refractivity contribution in [2.45, 2.75) is 6.42 Å². The molecule has 14 heavy (non-hydrogen) atoms. The highest BCUT2D eigenvalue weighted by molar-refractivity contribution is 9.10. The van der Waals surface area contributed by atoms with Gasteiger partial charge in [0.1, 0.15) is 5.75 Å². The molecule has 1 aromatic rings. The van der Waals surface area contributed by atoms with Gasteiger partial charge in [0.2, 0.25) is 0 Å². The molecule has 4 heteroatoms. The second-order valence-corrected chi connectivity index (χ2v) is 4.14. The van der Waals surface area contributed by atoms with E-state index in [2.05, 4.69) is 21.2 Å². The smallest absolute Gasteiger partial charge is 0.141 e. The van der Waals surface area contributed by atoms with Gasteiger partial charge in [0.25, 0.3) is 0 Å². The second-order valence-electron chi connectivity index (χ2n) is 2.91. The Balaban J connectivity index is 2.98. The van der Waals surface area contributed by atoms with Crippen molar-refractivity contribution < 1.29 is 4.74 Å². The Morgan fingerprint density at radius 2 is 2.21 bits per heavy atom. The van der Waals surface area contributed by atoms with Crippen molar-refractivity contribution in [3.63, 3.8) is 0 Å². The van der Waals surface area contributed by atoms with Crippen molar-refractivity contribution in [2.24, 2.45) is 0 Å². The van der Waals surface area contributed by atoms with Crippen LogP contribution in [-0.2, 0) is 6.42 Å². The van der Waals surface area contributed by atoms with Gasteiger partial charge in [0.15, 0.2) is 0 Å². The van der Waals surface area contributed by atoms with E-state index in [9.17, 15) is 0 Å². The van der Waals surface area contributed by atoms with Crippen LogP contribution in [0.2, 0.25) is 5.02 Å². The van der Waals surface area contributed by atoms with Crippen molar-refractivity contribution in [1.29, 1.82) is 0 Å². The zero-order chi connectivity index (χ0) is 10.6. The van der Waals surface area contributed by atoms with E-state index in [1.165, 1.54) is 0 Å². The third-order valence-corrected chi connectivity index (χ3v) is 3.24. The van der Waals surface area contributed by atoms with Gasteiger partial charge in [-0.15, -0.1) is 0 Å². The number of nitrogens with one attached hydrogen (secondary N) is 1. The molecule has 0 aliphatic heterocycles. The lowest BCUT2D eigenvalue weighted by Gasteiger charge is -2.11. The molecule has 0 spiro atoms. The van der Waals surface area contributed by atoms with E-state index in [-0.39, 0.29) is 0 Å². The summed E-state index contributed by atoms with van der Waals surface area (Å²) in [5.74, 6) is 0.760. The lowest BCUT2D eigenvalue weighted by molar-refractivity contribution is 0.409. The first kappa shape index (κ1) is 11.8. The Labute approximate surface area is 97.7 Å². The van der Waals surface area contributed by atoms with E-state index in [1.54, 1.807) is 7.11 Å². The normalized spacial score (nSPS) is 10.3. The zero-order valence-corrected chi connectivity index (χ0v) is 10.6. The van der Waals surface area contributed by atoms with Crippen LogP contribution in [0.4, 0.5) is 0 Å². The van der Waals surface area contributed by atoms with E-state index in [0.717, 1.165) is 28.8 Å². The lowest BCUT2D eigenvalue weighted by Crippen LogP contribution is -2.11. The minimum absolute atomic E-state index is 0.640. The summed E-state index contributed by atoms with van der Waals surface area (Å²) in [6.45, 7) is 0.911. The van der Waals surface area contributed by atoms with Crippen molar-refractivity contribution in [1.82, 2.24) is 5.32 Å². The minimum Gasteiger partial charge on any atom is -0.495 e. The predicted octanol–water partition coefficient (Wildman–Crippen LogP) is 2.87. The van der Waals surface area contributed by atoms with E-state index < -0.39 is 0 Å². The standard InChI is InChI=1S/C10H13BrClNO/c1-13-6-5-7-3-4-8(11)9(12)10(7)14-2/h3-4,13H,5-6H2,1-2H3. The largest absolute Gasteiger partial charge is 0.495 e. The molecule has 0 amide bonds. The Hall–Kier alpha value is -0.250. The molecule has 0 atom stereocenters. The van der Waals surface area contributed by atoms with Gasteiger partial charge in [0, 0.05) is 4.47 Å². The fourth-order valence-corrected chi connectivity index (χ4v) is 1.82. The van der Waals surface area contributed by atoms with Crippen LogP contribution in [0.25, 0.3) is 0 Å². The number of halogens is 2. The summed E-state index contributed by atoms with van der Waals surface area (Å²) in [6.07, 6.45) is 0.909. The molecular formula is C10H13BrClNO. The molecule has 0 saturated heterocycles. The second kappa shape index (κ2) is 5.59. The van der Waals surface area contributed by atoms with Crippen LogP contribution in [0.1, 0.15) is 5.56 Å². The predicted molar refractivity (Wildman–Crippen MR) is 63.3 cm³/mol. The molecule has 0 aliphatic carbocycles. The van der Waals surface area contributed by atoms with Gasteiger partial charge >= 0.3 is 0 Å². The van der Waals surface area contributed by atoms with Crippen molar-refractivity contribution in [3.05, 3.63) is 27.2 Å². The summed E-state index contributed by atoms with van der Waals surface area (Å²) in [4.78, 5) is 0. The molecule has 0 aromatic heterocycles. The highest BCUT2D eigenvalue weighted by Crippen LogP contribution is 2.35. The first-order chi connectivity index (χ1) is 6.70. The summed E-state index contributed by atoms with van der Waals surface area (Å²) < 4.78 is 6.13. The molecule has 0 aliphatic rings. The van der Waals surface area contributed by atoms with Crippen LogP contribution < -0.4 is 10.1 Å². The molecule has 0 bridgehead atoms. The average Bonchev–Trinajstić information content (AvgIpc) is 2.20. The van der Waals surface area contributed by atoms with Crippen molar-refractivity contribution in [3.8, 4) is 5.75 Å². The molecule has 0 fully saturated rings. The van der Waals surface area contributed by atoms with Gasteiger partial charge in [-0.1, -0.05) is 17.7 Å². The molecule has 1 rings (SSSR count). The van der Waals surface area contributed by atoms with Gasteiger partial charge in [-0.25, -0.2) is 0 Å². The highest BCUT2D eigenvalue weighted by Gasteiger charge is 2.10. The van der Waals surface area contributed by atoms with Gasteiger partial charge in [0.05, 0.1) is 12.1 Å². The van der Waals surface area contributed by atoms with Crippen LogP contribution >= 0.6 is 27.5 Å². The maximum atomic E-state index is 6.09. The van der Waals surface area contributed by atoms with Gasteiger partial charge in [-0.05, 0) is 47.6 Å². The summed E-state index contributed by atoms with van der Waals surface area (Å²) in [5.41, 5.74) is 1.12. The van der Waals surface area contributed by atoms with Gasteiger partial charge in [-0.3, -0.25) is 0 Å². The quantitative estimate of drug-likeness (QED) is 0.914. The first-order valence-electron chi connectivity index (χ1n) is 4.36. The number of hydrogen-bond acceptors (Lipinski definition) is 2. The molecule has 0 radical (unpaired) electrons. The third-order valence-electron chi connectivity index (χ3n) is 1.98. The van der Waals surface area contributed by atoms with Gasteiger partial charge in [-0.2, -0.15) is 0 Å². The first-order valence-corrected chi connectivity index (χ1v) is 5.53. The van der Waals surface area contributed by atoms with E-state index in [0.29, 0.717) is 5.02 Å². The Morgan fingerprint density at radius 1 is 1.50 bits per heavy atom. The van der Waals surface area contributed by atoms with E-state index >= 15 is 0 Å². The van der Waals surface area contributed by atoms with Crippen molar-refractivity contribution in [2.75, 3.05) is 20.7 Å². The molecule has 0 heterocycles. The summed E-state index contributed by atoms with van der Waals surface area (Å²) in [5, 5.41) is 3.73. The number of ether oxygens (including phenoxy) is 1. The number of rotatable bonds is 4. The minimum atomic E-state index is 0.640. The zero-order valence-electron chi connectivity index (χ0n) is 8.23. The molecular weight excluding hydrogens is 265 g/mol. The van der Waals surface area contributed by atoms with Crippen LogP contribution in [0.5, 0.6) is 5.75 Å². The molecule has 2 nitrogen and oxygen atoms in total. The molecule has 78 valence electrons. The number of benzene rings is 1. The maximum absolute atomic E-state index is 6.09. The fraction of sp³-hybridized carbons (Fsp3) is 0.400. The van der Waals surface area contributed by atoms with Crippen LogP contribution in [-0.4, -0.2) is 20.7 Å². The fourth-order valence-electron chi connectivity index (χ4n) is 1.25. The van der Waals surface area contributed by atoms with Crippen LogP contribution in [0, 0.1) is 0 Å². The summed E-state index contributed by atoms with van der Waals surface area (Å²) in [7, 11) is 3.56. The van der Waals surface area contributed by atoms with Crippen LogP contribution in [0.15, 0.2) is 16.6 Å². The van der Waals surface area contributed by atoms with Crippen LogP contribution in [0.3, 0.4) is 0 Å². The monoisotopic (exact) mass is 277 g/mol.